The van der Waals surface area contributed by atoms with Gasteiger partial charge in [0, 0.05) is 24.2 Å². The maximum Gasteiger partial charge on any atom is 0.268 e. The third-order valence-corrected chi connectivity index (χ3v) is 3.23. The third-order valence-electron chi connectivity index (χ3n) is 3.23. The molecule has 0 saturated heterocycles. The molecule has 1 rings (SSSR count). The predicted octanol–water partition coefficient (Wildman–Crippen LogP) is 2.40. The van der Waals surface area contributed by atoms with Gasteiger partial charge in [-0.15, -0.1) is 0 Å². The number of aromatic hydroxyl groups is 2. The van der Waals surface area contributed by atoms with Gasteiger partial charge < -0.3 is 20.2 Å². The largest absolute Gasteiger partial charge is 0.506 e. The van der Waals surface area contributed by atoms with Crippen LogP contribution in [0.1, 0.15) is 25.0 Å². The van der Waals surface area contributed by atoms with Crippen LogP contribution in [0.3, 0.4) is 0 Å². The molecule has 6 nitrogen and oxygen atoms in total. The van der Waals surface area contributed by atoms with Gasteiger partial charge in [-0.2, -0.15) is 5.26 Å². The van der Waals surface area contributed by atoms with Crippen molar-refractivity contribution in [2.75, 3.05) is 13.1 Å². The molecule has 1 amide bonds. The van der Waals surface area contributed by atoms with Crippen molar-refractivity contribution >= 4 is 17.7 Å². The van der Waals surface area contributed by atoms with E-state index in [-0.39, 0.29) is 16.9 Å². The molecule has 0 saturated carbocycles. The normalized spacial score (nSPS) is 11.3. The Morgan fingerprint density at radius 1 is 1.36 bits per heavy atom. The fourth-order valence-corrected chi connectivity index (χ4v) is 1.95. The highest BCUT2D eigenvalue weighted by atomic mass is 16.3. The van der Waals surface area contributed by atoms with Crippen LogP contribution in [-0.4, -0.2) is 39.2 Å². The minimum Gasteiger partial charge on any atom is -0.506 e. The summed E-state index contributed by atoms with van der Waals surface area (Å²) in [5, 5.41) is 38.6. The van der Waals surface area contributed by atoms with Crippen molar-refractivity contribution in [3.8, 4) is 17.6 Å². The number of rotatable bonds is 5. The van der Waals surface area contributed by atoms with Gasteiger partial charge in [0.15, 0.2) is 17.1 Å². The first-order chi connectivity index (χ1) is 10.4. The molecular weight excluding hydrogens is 284 g/mol. The highest BCUT2D eigenvalue weighted by Crippen LogP contribution is 2.33. The summed E-state index contributed by atoms with van der Waals surface area (Å²) in [5.74, 6) is -2.03. The van der Waals surface area contributed by atoms with E-state index in [1.54, 1.807) is 19.9 Å². The Morgan fingerprint density at radius 3 is 2.41 bits per heavy atom. The van der Waals surface area contributed by atoms with E-state index in [4.69, 9.17) is 0 Å². The maximum atomic E-state index is 12.2. The number of aliphatic hydroxyl groups excluding tert-OH is 1. The van der Waals surface area contributed by atoms with Crippen molar-refractivity contribution in [1.82, 2.24) is 4.90 Å². The molecule has 0 aliphatic carbocycles. The zero-order valence-electron chi connectivity index (χ0n) is 12.5. The number of nitriles is 1. The van der Waals surface area contributed by atoms with Crippen molar-refractivity contribution in [3.63, 3.8) is 0 Å². The highest BCUT2D eigenvalue weighted by molar-refractivity contribution is 6.03. The minimum atomic E-state index is -0.599. The summed E-state index contributed by atoms with van der Waals surface area (Å²) in [6, 6.07) is 4.09. The van der Waals surface area contributed by atoms with Crippen LogP contribution >= 0.6 is 0 Å². The van der Waals surface area contributed by atoms with Gasteiger partial charge in [0.25, 0.3) is 5.91 Å². The Hall–Kier alpha value is -2.94. The number of nitrogens with zero attached hydrogens (tertiary/aromatic N) is 2. The molecule has 22 heavy (non-hydrogen) atoms. The van der Waals surface area contributed by atoms with Gasteiger partial charge in [-0.3, -0.25) is 4.79 Å². The Morgan fingerprint density at radius 2 is 1.95 bits per heavy atom. The van der Waals surface area contributed by atoms with Crippen LogP contribution < -0.4 is 0 Å². The Kier molecular flexibility index (Phi) is 5.58. The summed E-state index contributed by atoms with van der Waals surface area (Å²) >= 11 is 0. The monoisotopic (exact) mass is 302 g/mol. The van der Waals surface area contributed by atoms with E-state index in [0.29, 0.717) is 13.1 Å². The Labute approximate surface area is 128 Å². The lowest BCUT2D eigenvalue weighted by Crippen LogP contribution is -2.31. The number of carbonyl (C=O) groups is 1. The molecule has 0 aromatic heterocycles. The smallest absolute Gasteiger partial charge is 0.268 e. The number of likely N-dealkylation sites (N-methyl/N-ethyl adjacent to an activating group) is 1. The summed E-state index contributed by atoms with van der Waals surface area (Å²) in [4.78, 5) is 13.6. The molecule has 0 radical (unpaired) electrons. The lowest BCUT2D eigenvalue weighted by molar-refractivity contribution is -0.126. The number of hydrogen-bond acceptors (Lipinski definition) is 5. The van der Waals surface area contributed by atoms with Crippen LogP contribution in [0.2, 0.25) is 0 Å². The molecule has 6 heteroatoms. The molecule has 1 aromatic rings. The first kappa shape index (κ1) is 17.1. The second-order valence-electron chi connectivity index (χ2n) is 4.45. The van der Waals surface area contributed by atoms with Crippen LogP contribution in [0.25, 0.3) is 11.8 Å². The predicted molar refractivity (Wildman–Crippen MR) is 83.0 cm³/mol. The molecule has 0 atom stereocenters. The standard InChI is InChI=1S/C16H18N2O4/c1-4-10-7-11(8-13(19)15(10)21)14(20)12(9-17)16(22)18(5-2)6-3/h4,7-8,19-21H,1,5-6H2,2-3H3/b14-12-. The van der Waals surface area contributed by atoms with Gasteiger partial charge in [-0.05, 0) is 26.0 Å². The molecular formula is C16H18N2O4. The molecule has 116 valence electrons. The zero-order valence-corrected chi connectivity index (χ0v) is 12.5. The lowest BCUT2D eigenvalue weighted by Gasteiger charge is -2.18. The number of phenols is 2. The summed E-state index contributed by atoms with van der Waals surface area (Å²) in [6.45, 7) is 7.79. The number of phenolic OH excluding ortho intramolecular Hbond substituents is 2. The van der Waals surface area contributed by atoms with Crippen LogP contribution in [0.5, 0.6) is 11.5 Å². The maximum absolute atomic E-state index is 12.2. The topological polar surface area (TPSA) is 105 Å². The van der Waals surface area contributed by atoms with Crippen LogP contribution in [-0.2, 0) is 4.79 Å². The quantitative estimate of drug-likeness (QED) is 0.335. The van der Waals surface area contributed by atoms with Gasteiger partial charge in [0.05, 0.1) is 0 Å². The van der Waals surface area contributed by atoms with E-state index >= 15 is 0 Å². The van der Waals surface area contributed by atoms with Gasteiger partial charge in [-0.25, -0.2) is 0 Å². The van der Waals surface area contributed by atoms with Crippen molar-refractivity contribution in [2.24, 2.45) is 0 Å². The van der Waals surface area contributed by atoms with Crippen molar-refractivity contribution in [1.29, 1.82) is 5.26 Å². The van der Waals surface area contributed by atoms with Crippen LogP contribution in [0.15, 0.2) is 24.3 Å². The summed E-state index contributed by atoms with van der Waals surface area (Å²) in [7, 11) is 0. The number of benzene rings is 1. The molecule has 1 aromatic carbocycles. The molecule has 0 unspecified atom stereocenters. The van der Waals surface area contributed by atoms with Crippen LogP contribution in [0.4, 0.5) is 0 Å². The van der Waals surface area contributed by atoms with E-state index in [0.717, 1.165) is 6.07 Å². The lowest BCUT2D eigenvalue weighted by atomic mass is 10.0. The van der Waals surface area contributed by atoms with Gasteiger partial charge >= 0.3 is 0 Å². The second-order valence-corrected chi connectivity index (χ2v) is 4.45. The van der Waals surface area contributed by atoms with Crippen molar-refractivity contribution in [3.05, 3.63) is 35.4 Å². The molecule has 0 heterocycles. The van der Waals surface area contributed by atoms with E-state index in [9.17, 15) is 25.4 Å². The average molecular weight is 302 g/mol. The van der Waals surface area contributed by atoms with Gasteiger partial charge in [0.2, 0.25) is 0 Å². The number of carbonyl (C=O) groups excluding carboxylic acids is 1. The SMILES string of the molecule is C=Cc1cc(/C(O)=C(\C#N)C(=O)N(CC)CC)cc(O)c1O. The molecule has 0 aliphatic heterocycles. The highest BCUT2D eigenvalue weighted by Gasteiger charge is 2.22. The summed E-state index contributed by atoms with van der Waals surface area (Å²) in [6.07, 6.45) is 1.28. The summed E-state index contributed by atoms with van der Waals surface area (Å²) < 4.78 is 0. The zero-order chi connectivity index (χ0) is 16.9. The Bertz CT molecular complexity index is 667. The number of hydrogen-bond donors (Lipinski definition) is 3. The fraction of sp³-hybridized carbons (Fsp3) is 0.250. The number of amides is 1. The minimum absolute atomic E-state index is 0.0438. The molecule has 0 spiro atoms. The molecule has 0 bridgehead atoms. The van der Waals surface area contributed by atoms with E-state index in [1.807, 2.05) is 0 Å². The third kappa shape index (κ3) is 3.20. The molecule has 0 aliphatic rings. The molecule has 0 fully saturated rings. The Balaban J connectivity index is 3.46. The first-order valence-corrected chi connectivity index (χ1v) is 6.72. The number of aliphatic hydroxyl groups is 1. The van der Waals surface area contributed by atoms with Gasteiger partial charge in [0.1, 0.15) is 11.8 Å². The average Bonchev–Trinajstić information content (AvgIpc) is 2.51. The van der Waals surface area contributed by atoms with E-state index in [1.165, 1.54) is 17.0 Å². The fourth-order valence-electron chi connectivity index (χ4n) is 1.95. The van der Waals surface area contributed by atoms with Crippen LogP contribution in [0, 0.1) is 11.3 Å². The van der Waals surface area contributed by atoms with Crippen molar-refractivity contribution < 1.29 is 20.1 Å². The summed E-state index contributed by atoms with van der Waals surface area (Å²) in [5.41, 5.74) is -0.208. The van der Waals surface area contributed by atoms with E-state index in [2.05, 4.69) is 6.58 Å². The second kappa shape index (κ2) is 7.18. The first-order valence-electron chi connectivity index (χ1n) is 6.72. The van der Waals surface area contributed by atoms with Gasteiger partial charge in [-0.1, -0.05) is 12.7 Å². The molecule has 3 N–H and O–H groups in total. The van der Waals surface area contributed by atoms with E-state index < -0.39 is 23.0 Å². The van der Waals surface area contributed by atoms with Crippen molar-refractivity contribution in [2.45, 2.75) is 13.8 Å².